The van der Waals surface area contributed by atoms with E-state index in [1.807, 2.05) is 12.1 Å². The number of hydrogen-bond donors (Lipinski definition) is 2. The first kappa shape index (κ1) is 12.8. The van der Waals surface area contributed by atoms with Crippen molar-refractivity contribution < 1.29 is 4.79 Å². The molecule has 0 atom stereocenters. The van der Waals surface area contributed by atoms with Gasteiger partial charge in [-0.3, -0.25) is 4.79 Å². The summed E-state index contributed by atoms with van der Waals surface area (Å²) in [4.78, 5) is 16.1. The van der Waals surface area contributed by atoms with Crippen molar-refractivity contribution >= 4 is 32.6 Å². The monoisotopic (exact) mass is 263 g/mol. The predicted octanol–water partition coefficient (Wildman–Crippen LogP) is 2.65. The van der Waals surface area contributed by atoms with Gasteiger partial charge in [-0.25, -0.2) is 4.98 Å². The molecule has 1 aromatic carbocycles. The first-order valence-corrected chi connectivity index (χ1v) is 6.61. The molecule has 2 aromatic rings. The van der Waals surface area contributed by atoms with Crippen molar-refractivity contribution in [3.05, 3.63) is 23.8 Å². The van der Waals surface area contributed by atoms with Crippen LogP contribution in [0.1, 0.15) is 31.1 Å². The summed E-state index contributed by atoms with van der Waals surface area (Å²) in [6.07, 6.45) is 0. The summed E-state index contributed by atoms with van der Waals surface area (Å²) in [6.45, 7) is 6.90. The lowest BCUT2D eigenvalue weighted by atomic mass is 9.97. The Morgan fingerprint density at radius 1 is 1.44 bits per heavy atom. The second kappa shape index (κ2) is 4.57. The van der Waals surface area contributed by atoms with Crippen LogP contribution in [0, 0.1) is 5.41 Å². The van der Waals surface area contributed by atoms with Gasteiger partial charge in [0.2, 0.25) is 0 Å². The number of nitrogens with one attached hydrogen (secondary N) is 1. The van der Waals surface area contributed by atoms with Gasteiger partial charge < -0.3 is 11.1 Å². The zero-order valence-electron chi connectivity index (χ0n) is 10.8. The predicted molar refractivity (Wildman–Crippen MR) is 75.8 cm³/mol. The van der Waals surface area contributed by atoms with Crippen LogP contribution in [0.3, 0.4) is 0 Å². The van der Waals surface area contributed by atoms with E-state index in [9.17, 15) is 4.79 Å². The van der Waals surface area contributed by atoms with E-state index in [0.29, 0.717) is 17.2 Å². The van der Waals surface area contributed by atoms with Crippen molar-refractivity contribution in [1.29, 1.82) is 0 Å². The molecule has 1 heterocycles. The lowest BCUT2D eigenvalue weighted by molar-refractivity contribution is 0.0939. The van der Waals surface area contributed by atoms with Crippen LogP contribution in [0.25, 0.3) is 10.2 Å². The normalized spacial score (nSPS) is 11.7. The van der Waals surface area contributed by atoms with Crippen molar-refractivity contribution in [3.63, 3.8) is 0 Å². The summed E-state index contributed by atoms with van der Waals surface area (Å²) in [6, 6.07) is 5.44. The average Bonchev–Trinajstić information content (AvgIpc) is 2.63. The lowest BCUT2D eigenvalue weighted by Crippen LogP contribution is -2.32. The Bertz CT molecular complexity index is 583. The van der Waals surface area contributed by atoms with E-state index in [1.54, 1.807) is 6.07 Å². The van der Waals surface area contributed by atoms with Crippen LogP contribution in [0.2, 0.25) is 0 Å². The van der Waals surface area contributed by atoms with Crippen molar-refractivity contribution in [2.45, 2.75) is 20.8 Å². The van der Waals surface area contributed by atoms with Crippen molar-refractivity contribution in [2.75, 3.05) is 12.3 Å². The highest BCUT2D eigenvalue weighted by Gasteiger charge is 2.13. The largest absolute Gasteiger partial charge is 0.375 e. The van der Waals surface area contributed by atoms with Gasteiger partial charge in [0.1, 0.15) is 0 Å². The minimum absolute atomic E-state index is 0.0567. The Hall–Kier alpha value is -1.62. The number of carbonyl (C=O) groups excluding carboxylic acids is 1. The minimum atomic E-state index is -0.0567. The number of amides is 1. The molecule has 0 bridgehead atoms. The number of rotatable bonds is 2. The number of hydrogen-bond acceptors (Lipinski definition) is 4. The zero-order valence-corrected chi connectivity index (χ0v) is 11.6. The molecule has 0 fully saturated rings. The maximum Gasteiger partial charge on any atom is 0.251 e. The van der Waals surface area contributed by atoms with Crippen LogP contribution in [-0.2, 0) is 0 Å². The molecule has 0 unspecified atom stereocenters. The highest BCUT2D eigenvalue weighted by Crippen LogP contribution is 2.24. The molecule has 0 saturated heterocycles. The molecule has 0 aliphatic rings. The third-order valence-electron chi connectivity index (χ3n) is 2.45. The highest BCUT2D eigenvalue weighted by atomic mass is 32.1. The Morgan fingerprint density at radius 3 is 2.83 bits per heavy atom. The molecule has 0 radical (unpaired) electrons. The quantitative estimate of drug-likeness (QED) is 0.875. The lowest BCUT2D eigenvalue weighted by Gasteiger charge is -2.18. The van der Waals surface area contributed by atoms with Crippen LogP contribution in [0.5, 0.6) is 0 Å². The molecule has 5 heteroatoms. The summed E-state index contributed by atoms with van der Waals surface area (Å²) in [5, 5.41) is 3.45. The summed E-state index contributed by atoms with van der Waals surface area (Å²) in [7, 11) is 0. The SMILES string of the molecule is CC(C)(C)CNC(=O)c1ccc2nc(N)sc2c1. The number of nitrogen functional groups attached to an aromatic ring is 1. The Balaban J connectivity index is 2.17. The maximum absolute atomic E-state index is 12.0. The van der Waals surface area contributed by atoms with Gasteiger partial charge in [-0.2, -0.15) is 0 Å². The van der Waals surface area contributed by atoms with Crippen molar-refractivity contribution in [3.8, 4) is 0 Å². The van der Waals surface area contributed by atoms with Crippen LogP contribution >= 0.6 is 11.3 Å². The van der Waals surface area contributed by atoms with E-state index in [1.165, 1.54) is 11.3 Å². The molecule has 0 spiro atoms. The van der Waals surface area contributed by atoms with Crippen LogP contribution < -0.4 is 11.1 Å². The molecule has 18 heavy (non-hydrogen) atoms. The zero-order chi connectivity index (χ0) is 13.3. The fraction of sp³-hybridized carbons (Fsp3) is 0.385. The van der Waals surface area contributed by atoms with Crippen molar-refractivity contribution in [2.24, 2.45) is 5.41 Å². The van der Waals surface area contributed by atoms with Crippen LogP contribution in [0.4, 0.5) is 5.13 Å². The van der Waals surface area contributed by atoms with Gasteiger partial charge in [-0.1, -0.05) is 32.1 Å². The number of nitrogens with zero attached hydrogens (tertiary/aromatic N) is 1. The molecule has 1 aromatic heterocycles. The molecule has 0 aliphatic carbocycles. The second-order valence-corrected chi connectivity index (χ2v) is 6.54. The van der Waals surface area contributed by atoms with E-state index >= 15 is 0 Å². The van der Waals surface area contributed by atoms with E-state index in [4.69, 9.17) is 5.73 Å². The number of fused-ring (bicyclic) bond motifs is 1. The fourth-order valence-corrected chi connectivity index (χ4v) is 2.30. The summed E-state index contributed by atoms with van der Waals surface area (Å²) >= 11 is 1.39. The molecular formula is C13H17N3OS. The minimum Gasteiger partial charge on any atom is -0.375 e. The van der Waals surface area contributed by atoms with Gasteiger partial charge in [0.05, 0.1) is 10.2 Å². The van der Waals surface area contributed by atoms with E-state index in [-0.39, 0.29) is 11.3 Å². The molecule has 4 nitrogen and oxygen atoms in total. The van der Waals surface area contributed by atoms with E-state index < -0.39 is 0 Å². The molecule has 3 N–H and O–H groups in total. The summed E-state index contributed by atoms with van der Waals surface area (Å²) in [5.74, 6) is -0.0567. The Morgan fingerprint density at radius 2 is 2.17 bits per heavy atom. The number of carbonyl (C=O) groups is 1. The van der Waals surface area contributed by atoms with Gasteiger partial charge >= 0.3 is 0 Å². The van der Waals surface area contributed by atoms with E-state index in [0.717, 1.165) is 10.2 Å². The standard InChI is InChI=1S/C13H17N3OS/c1-13(2,3)7-15-11(17)8-4-5-9-10(6-8)18-12(14)16-9/h4-6H,7H2,1-3H3,(H2,14,16)(H,15,17). The van der Waals surface area contributed by atoms with Gasteiger partial charge in [0.25, 0.3) is 5.91 Å². The average molecular weight is 263 g/mol. The molecule has 96 valence electrons. The molecule has 1 amide bonds. The fourth-order valence-electron chi connectivity index (χ4n) is 1.53. The smallest absolute Gasteiger partial charge is 0.251 e. The van der Waals surface area contributed by atoms with E-state index in [2.05, 4.69) is 31.1 Å². The highest BCUT2D eigenvalue weighted by molar-refractivity contribution is 7.22. The van der Waals surface area contributed by atoms with Crippen molar-refractivity contribution in [1.82, 2.24) is 10.3 Å². The first-order chi connectivity index (χ1) is 8.35. The molecule has 2 rings (SSSR count). The van der Waals surface area contributed by atoms with Gasteiger partial charge in [0.15, 0.2) is 5.13 Å². The summed E-state index contributed by atoms with van der Waals surface area (Å²) in [5.41, 5.74) is 7.20. The van der Waals surface area contributed by atoms with Gasteiger partial charge in [-0.05, 0) is 23.6 Å². The third-order valence-corrected chi connectivity index (χ3v) is 3.29. The van der Waals surface area contributed by atoms with Gasteiger partial charge in [0, 0.05) is 12.1 Å². The second-order valence-electron chi connectivity index (χ2n) is 5.48. The number of anilines is 1. The molecular weight excluding hydrogens is 246 g/mol. The van der Waals surface area contributed by atoms with Crippen LogP contribution in [-0.4, -0.2) is 17.4 Å². The Labute approximate surface area is 110 Å². The van der Waals surface area contributed by atoms with Crippen LogP contribution in [0.15, 0.2) is 18.2 Å². The first-order valence-electron chi connectivity index (χ1n) is 5.79. The Kier molecular flexibility index (Phi) is 3.26. The number of thiazole rings is 1. The third kappa shape index (κ3) is 2.98. The number of benzene rings is 1. The summed E-state index contributed by atoms with van der Waals surface area (Å²) < 4.78 is 0.941. The topological polar surface area (TPSA) is 68.0 Å². The molecule has 0 aliphatic heterocycles. The van der Waals surface area contributed by atoms with Gasteiger partial charge in [-0.15, -0.1) is 0 Å². The number of aromatic nitrogens is 1. The maximum atomic E-state index is 12.0. The molecule has 0 saturated carbocycles. The number of nitrogens with two attached hydrogens (primary N) is 1.